The summed E-state index contributed by atoms with van der Waals surface area (Å²) in [7, 11) is 2.96. The number of thiocarbonyl (C=S) groups is 1. The number of nitrogens with two attached hydrogens (primary N) is 1. The molecule has 0 radical (unpaired) electrons. The average molecular weight is 254 g/mol. The van der Waals surface area contributed by atoms with Gasteiger partial charge in [0.1, 0.15) is 17.3 Å². The molecule has 0 heterocycles. The van der Waals surface area contributed by atoms with Gasteiger partial charge in [0.25, 0.3) is 0 Å². The summed E-state index contributed by atoms with van der Waals surface area (Å²) in [6.45, 7) is -0.0137. The van der Waals surface area contributed by atoms with Crippen molar-refractivity contribution < 1.29 is 14.3 Å². The molecule has 0 aliphatic heterocycles. The van der Waals surface area contributed by atoms with E-state index in [9.17, 15) is 4.79 Å². The van der Waals surface area contributed by atoms with Crippen LogP contribution in [0.5, 0.6) is 5.75 Å². The number of carbonyl (C=O) groups excluding carboxylic acids is 1. The number of benzene rings is 1. The fraction of sp³-hybridized carbons (Fsp3) is 0.273. The molecule has 3 N–H and O–H groups in total. The summed E-state index contributed by atoms with van der Waals surface area (Å²) in [5.41, 5.74) is 6.74. The Morgan fingerprint density at radius 2 is 2.18 bits per heavy atom. The summed E-state index contributed by atoms with van der Waals surface area (Å²) >= 11 is 4.86. The summed E-state index contributed by atoms with van der Waals surface area (Å²) in [5.74, 6) is 0.244. The molecule has 0 bridgehead atoms. The minimum absolute atomic E-state index is 0.0137. The van der Waals surface area contributed by atoms with E-state index in [1.165, 1.54) is 14.2 Å². The zero-order valence-corrected chi connectivity index (χ0v) is 10.5. The van der Waals surface area contributed by atoms with Crippen LogP contribution in [-0.4, -0.2) is 31.7 Å². The van der Waals surface area contributed by atoms with Crippen LogP contribution in [0.1, 0.15) is 5.56 Å². The minimum Gasteiger partial charge on any atom is -0.495 e. The van der Waals surface area contributed by atoms with Crippen molar-refractivity contribution in [2.45, 2.75) is 0 Å². The molecule has 6 heteroatoms. The third kappa shape index (κ3) is 3.69. The highest BCUT2D eigenvalue weighted by molar-refractivity contribution is 7.80. The third-order valence-corrected chi connectivity index (χ3v) is 2.27. The van der Waals surface area contributed by atoms with Crippen molar-refractivity contribution >= 4 is 28.8 Å². The number of ether oxygens (including phenoxy) is 2. The molecule has 0 saturated carbocycles. The van der Waals surface area contributed by atoms with Crippen LogP contribution >= 0.6 is 12.2 Å². The summed E-state index contributed by atoms with van der Waals surface area (Å²) in [6, 6.07) is 5.07. The highest BCUT2D eigenvalue weighted by Gasteiger charge is 2.09. The topological polar surface area (TPSA) is 73.6 Å². The molecule has 1 rings (SSSR count). The number of methoxy groups -OCH3 is 2. The van der Waals surface area contributed by atoms with E-state index in [1.807, 2.05) is 0 Å². The van der Waals surface area contributed by atoms with E-state index < -0.39 is 0 Å². The zero-order valence-electron chi connectivity index (χ0n) is 9.65. The molecular weight excluding hydrogens is 240 g/mol. The molecule has 1 aromatic rings. The fourth-order valence-electron chi connectivity index (χ4n) is 1.27. The summed E-state index contributed by atoms with van der Waals surface area (Å²) in [5, 5.41) is 2.66. The Morgan fingerprint density at radius 1 is 1.47 bits per heavy atom. The van der Waals surface area contributed by atoms with Crippen molar-refractivity contribution in [2.75, 3.05) is 26.1 Å². The second-order valence-electron chi connectivity index (χ2n) is 3.26. The lowest BCUT2D eigenvalue weighted by Gasteiger charge is -2.11. The van der Waals surface area contributed by atoms with Gasteiger partial charge in [-0.15, -0.1) is 0 Å². The van der Waals surface area contributed by atoms with E-state index in [0.29, 0.717) is 17.0 Å². The molecule has 0 unspecified atom stereocenters. The van der Waals surface area contributed by atoms with Crippen molar-refractivity contribution in [1.82, 2.24) is 0 Å². The number of anilines is 1. The molecule has 0 fully saturated rings. The number of amides is 1. The van der Waals surface area contributed by atoms with Crippen molar-refractivity contribution in [1.29, 1.82) is 0 Å². The summed E-state index contributed by atoms with van der Waals surface area (Å²) in [6.07, 6.45) is 0. The summed E-state index contributed by atoms with van der Waals surface area (Å²) < 4.78 is 9.86. The van der Waals surface area contributed by atoms with Crippen LogP contribution in [0.15, 0.2) is 18.2 Å². The van der Waals surface area contributed by atoms with Gasteiger partial charge >= 0.3 is 0 Å². The van der Waals surface area contributed by atoms with E-state index in [-0.39, 0.29) is 17.5 Å². The molecule has 17 heavy (non-hydrogen) atoms. The van der Waals surface area contributed by atoms with Crippen LogP contribution in [0.4, 0.5) is 5.69 Å². The Kier molecular flexibility index (Phi) is 4.86. The van der Waals surface area contributed by atoms with Crippen LogP contribution < -0.4 is 15.8 Å². The molecule has 92 valence electrons. The van der Waals surface area contributed by atoms with Crippen molar-refractivity contribution in [3.8, 4) is 5.75 Å². The monoisotopic (exact) mass is 254 g/mol. The van der Waals surface area contributed by atoms with Gasteiger partial charge in [-0.2, -0.15) is 0 Å². The quantitative estimate of drug-likeness (QED) is 0.764. The van der Waals surface area contributed by atoms with Crippen LogP contribution in [0.2, 0.25) is 0 Å². The maximum absolute atomic E-state index is 11.4. The SMILES string of the molecule is COCC(=O)Nc1ccc(C(N)=S)cc1OC. The molecule has 1 aromatic carbocycles. The van der Waals surface area contributed by atoms with Crippen LogP contribution in [0.3, 0.4) is 0 Å². The van der Waals surface area contributed by atoms with Gasteiger partial charge in [-0.3, -0.25) is 4.79 Å². The first-order valence-electron chi connectivity index (χ1n) is 4.85. The normalized spacial score (nSPS) is 9.76. The van der Waals surface area contributed by atoms with Gasteiger partial charge in [-0.1, -0.05) is 12.2 Å². The van der Waals surface area contributed by atoms with Gasteiger partial charge in [-0.25, -0.2) is 0 Å². The Balaban J connectivity index is 2.92. The maximum Gasteiger partial charge on any atom is 0.250 e. The first-order valence-corrected chi connectivity index (χ1v) is 5.26. The van der Waals surface area contributed by atoms with Crippen LogP contribution in [0.25, 0.3) is 0 Å². The Morgan fingerprint density at radius 3 is 2.71 bits per heavy atom. The number of hydrogen-bond donors (Lipinski definition) is 2. The highest BCUT2D eigenvalue weighted by atomic mass is 32.1. The first kappa shape index (κ1) is 13.4. The molecule has 0 atom stereocenters. The van der Waals surface area contributed by atoms with Gasteiger partial charge in [0.15, 0.2) is 0 Å². The second kappa shape index (κ2) is 6.17. The van der Waals surface area contributed by atoms with Gasteiger partial charge in [0.05, 0.1) is 12.8 Å². The lowest BCUT2D eigenvalue weighted by molar-refractivity contribution is -0.119. The van der Waals surface area contributed by atoms with Crippen molar-refractivity contribution in [2.24, 2.45) is 5.73 Å². The lowest BCUT2D eigenvalue weighted by Crippen LogP contribution is -2.18. The third-order valence-electron chi connectivity index (χ3n) is 2.04. The predicted molar refractivity (Wildman–Crippen MR) is 69.4 cm³/mol. The van der Waals surface area contributed by atoms with E-state index in [1.54, 1.807) is 18.2 Å². The first-order chi connectivity index (χ1) is 8.08. The van der Waals surface area contributed by atoms with Gasteiger partial charge < -0.3 is 20.5 Å². The standard InChI is InChI=1S/C11H14N2O3S/c1-15-6-10(14)13-8-4-3-7(11(12)17)5-9(8)16-2/h3-5H,6H2,1-2H3,(H2,12,17)(H,13,14). The minimum atomic E-state index is -0.256. The predicted octanol–water partition coefficient (Wildman–Crippen LogP) is 0.914. The molecule has 1 amide bonds. The Hall–Kier alpha value is -1.66. The Bertz CT molecular complexity index is 435. The molecular formula is C11H14N2O3S. The van der Waals surface area contributed by atoms with Crippen LogP contribution in [-0.2, 0) is 9.53 Å². The molecule has 0 aliphatic carbocycles. The summed E-state index contributed by atoms with van der Waals surface area (Å²) in [4.78, 5) is 11.6. The molecule has 0 saturated heterocycles. The van der Waals surface area contributed by atoms with Gasteiger partial charge in [0, 0.05) is 12.7 Å². The van der Waals surface area contributed by atoms with Crippen LogP contribution in [0, 0.1) is 0 Å². The smallest absolute Gasteiger partial charge is 0.250 e. The number of nitrogens with one attached hydrogen (secondary N) is 1. The van der Waals surface area contributed by atoms with Crippen molar-refractivity contribution in [3.05, 3.63) is 23.8 Å². The lowest BCUT2D eigenvalue weighted by atomic mass is 10.2. The molecule has 0 aliphatic rings. The number of carbonyl (C=O) groups is 1. The zero-order chi connectivity index (χ0) is 12.8. The van der Waals surface area contributed by atoms with Crippen molar-refractivity contribution in [3.63, 3.8) is 0 Å². The average Bonchev–Trinajstić information content (AvgIpc) is 2.29. The van der Waals surface area contributed by atoms with Gasteiger partial charge in [-0.05, 0) is 18.2 Å². The second-order valence-corrected chi connectivity index (χ2v) is 3.70. The Labute approximate surface area is 105 Å². The molecule has 5 nitrogen and oxygen atoms in total. The van der Waals surface area contributed by atoms with E-state index in [0.717, 1.165) is 0 Å². The largest absolute Gasteiger partial charge is 0.495 e. The molecule has 0 aromatic heterocycles. The highest BCUT2D eigenvalue weighted by Crippen LogP contribution is 2.25. The molecule has 0 spiro atoms. The number of hydrogen-bond acceptors (Lipinski definition) is 4. The fourth-order valence-corrected chi connectivity index (χ4v) is 1.39. The van der Waals surface area contributed by atoms with E-state index in [2.05, 4.69) is 5.32 Å². The maximum atomic E-state index is 11.4. The van der Waals surface area contributed by atoms with Gasteiger partial charge in [0.2, 0.25) is 5.91 Å². The number of rotatable bonds is 5. The van der Waals surface area contributed by atoms with E-state index >= 15 is 0 Å². The van der Waals surface area contributed by atoms with E-state index in [4.69, 9.17) is 27.4 Å².